The van der Waals surface area contributed by atoms with Crippen molar-refractivity contribution >= 4 is 51.9 Å². The first-order valence-electron chi connectivity index (χ1n) is 7.32. The Morgan fingerprint density at radius 2 is 1.84 bits per heavy atom. The lowest BCUT2D eigenvalue weighted by Crippen LogP contribution is -2.27. The molecule has 0 aliphatic carbocycles. The fraction of sp³-hybridized carbons (Fsp3) is 0.0556. The SMILES string of the molecule is O=C(O)Cc1ccc(N2C(=O)/C(=C/c3ccccc3O)SC2=S)cc1. The summed E-state index contributed by atoms with van der Waals surface area (Å²) in [5.74, 6) is -1.10. The zero-order valence-corrected chi connectivity index (χ0v) is 14.5. The van der Waals surface area contributed by atoms with Crippen molar-refractivity contribution in [2.45, 2.75) is 6.42 Å². The van der Waals surface area contributed by atoms with Gasteiger partial charge in [0.25, 0.3) is 5.91 Å². The fourth-order valence-electron chi connectivity index (χ4n) is 2.38. The molecule has 2 aromatic carbocycles. The lowest BCUT2D eigenvalue weighted by Gasteiger charge is -2.14. The van der Waals surface area contributed by atoms with Crippen LogP contribution in [0.25, 0.3) is 6.08 Å². The molecule has 0 radical (unpaired) electrons. The number of carbonyl (C=O) groups excluding carboxylic acids is 1. The van der Waals surface area contributed by atoms with Gasteiger partial charge in [0.05, 0.1) is 17.0 Å². The third-order valence-corrected chi connectivity index (χ3v) is 4.87. The normalized spacial score (nSPS) is 15.8. The minimum Gasteiger partial charge on any atom is -0.507 e. The maximum Gasteiger partial charge on any atom is 0.307 e. The number of hydrogen-bond acceptors (Lipinski definition) is 5. The van der Waals surface area contributed by atoms with Gasteiger partial charge in [-0.3, -0.25) is 14.5 Å². The zero-order valence-electron chi connectivity index (χ0n) is 12.9. The molecular weight excluding hydrogens is 358 g/mol. The Morgan fingerprint density at radius 3 is 2.48 bits per heavy atom. The average molecular weight is 371 g/mol. The van der Waals surface area contributed by atoms with Crippen molar-refractivity contribution in [1.29, 1.82) is 0 Å². The highest BCUT2D eigenvalue weighted by Gasteiger charge is 2.33. The number of para-hydroxylation sites is 1. The van der Waals surface area contributed by atoms with Gasteiger partial charge in [0.15, 0.2) is 4.32 Å². The van der Waals surface area contributed by atoms with E-state index >= 15 is 0 Å². The first-order valence-corrected chi connectivity index (χ1v) is 8.55. The molecule has 0 bridgehead atoms. The number of anilines is 1. The molecule has 0 atom stereocenters. The van der Waals surface area contributed by atoms with E-state index in [9.17, 15) is 14.7 Å². The monoisotopic (exact) mass is 371 g/mol. The van der Waals surface area contributed by atoms with Crippen LogP contribution in [0.1, 0.15) is 11.1 Å². The molecule has 3 rings (SSSR count). The van der Waals surface area contributed by atoms with E-state index in [0.29, 0.717) is 26.0 Å². The molecule has 1 aliphatic rings. The van der Waals surface area contributed by atoms with Crippen LogP contribution < -0.4 is 4.90 Å². The largest absolute Gasteiger partial charge is 0.507 e. The van der Waals surface area contributed by atoms with Gasteiger partial charge in [-0.15, -0.1) is 0 Å². The third kappa shape index (κ3) is 3.72. The first kappa shape index (κ1) is 17.2. The van der Waals surface area contributed by atoms with Gasteiger partial charge in [-0.05, 0) is 29.8 Å². The molecule has 0 saturated carbocycles. The molecule has 0 unspecified atom stereocenters. The van der Waals surface area contributed by atoms with Crippen molar-refractivity contribution < 1.29 is 19.8 Å². The maximum atomic E-state index is 12.7. The number of aliphatic carboxylic acids is 1. The van der Waals surface area contributed by atoms with Gasteiger partial charge in [-0.25, -0.2) is 0 Å². The number of nitrogens with zero attached hydrogens (tertiary/aromatic N) is 1. The van der Waals surface area contributed by atoms with Crippen molar-refractivity contribution in [2.24, 2.45) is 0 Å². The second-order valence-electron chi connectivity index (χ2n) is 5.31. The second kappa shape index (κ2) is 7.08. The van der Waals surface area contributed by atoms with Crippen LogP contribution in [0.5, 0.6) is 5.75 Å². The van der Waals surface area contributed by atoms with Crippen LogP contribution in [-0.2, 0) is 16.0 Å². The number of carboxylic acids is 1. The molecule has 1 heterocycles. The van der Waals surface area contributed by atoms with Gasteiger partial charge in [-0.2, -0.15) is 0 Å². The lowest BCUT2D eigenvalue weighted by atomic mass is 10.1. The van der Waals surface area contributed by atoms with Crippen molar-refractivity contribution in [1.82, 2.24) is 0 Å². The highest BCUT2D eigenvalue weighted by Crippen LogP contribution is 2.37. The summed E-state index contributed by atoms with van der Waals surface area (Å²) in [5.41, 5.74) is 1.77. The average Bonchev–Trinajstić information content (AvgIpc) is 2.84. The molecule has 1 aliphatic heterocycles. The number of amides is 1. The first-order chi connectivity index (χ1) is 12.0. The van der Waals surface area contributed by atoms with Gasteiger partial charge in [0, 0.05) is 5.56 Å². The highest BCUT2D eigenvalue weighted by atomic mass is 32.2. The van der Waals surface area contributed by atoms with Crippen LogP contribution >= 0.6 is 24.0 Å². The van der Waals surface area contributed by atoms with E-state index in [1.165, 1.54) is 4.90 Å². The number of carbonyl (C=O) groups is 2. The van der Waals surface area contributed by atoms with E-state index < -0.39 is 5.97 Å². The third-order valence-electron chi connectivity index (χ3n) is 3.57. The van der Waals surface area contributed by atoms with Gasteiger partial charge in [0.1, 0.15) is 5.75 Å². The zero-order chi connectivity index (χ0) is 18.0. The van der Waals surface area contributed by atoms with E-state index in [1.54, 1.807) is 54.6 Å². The van der Waals surface area contributed by atoms with Crippen molar-refractivity contribution in [3.63, 3.8) is 0 Å². The summed E-state index contributed by atoms with van der Waals surface area (Å²) in [5, 5.41) is 18.7. The van der Waals surface area contributed by atoms with Crippen LogP contribution in [0, 0.1) is 0 Å². The van der Waals surface area contributed by atoms with Crippen molar-refractivity contribution in [3.05, 3.63) is 64.6 Å². The molecular formula is C18H13NO4S2. The Hall–Kier alpha value is -2.64. The van der Waals surface area contributed by atoms with Crippen molar-refractivity contribution in [3.8, 4) is 5.75 Å². The Labute approximate surface area is 153 Å². The van der Waals surface area contributed by atoms with E-state index in [1.807, 2.05) is 0 Å². The number of benzene rings is 2. The number of rotatable bonds is 4. The smallest absolute Gasteiger partial charge is 0.307 e. The van der Waals surface area contributed by atoms with Gasteiger partial charge in [0.2, 0.25) is 0 Å². The number of carboxylic acid groups (broad SMARTS) is 1. The predicted octanol–water partition coefficient (Wildman–Crippen LogP) is 3.43. The van der Waals surface area contributed by atoms with E-state index in [4.69, 9.17) is 17.3 Å². The van der Waals surface area contributed by atoms with E-state index in [2.05, 4.69) is 0 Å². The minimum atomic E-state index is -0.913. The summed E-state index contributed by atoms with van der Waals surface area (Å²) >= 11 is 6.46. The highest BCUT2D eigenvalue weighted by molar-refractivity contribution is 8.27. The lowest BCUT2D eigenvalue weighted by molar-refractivity contribution is -0.136. The van der Waals surface area contributed by atoms with E-state index in [0.717, 1.165) is 11.8 Å². The Bertz CT molecular complexity index is 890. The molecule has 1 fully saturated rings. The number of phenols is 1. The summed E-state index contributed by atoms with van der Waals surface area (Å²) in [4.78, 5) is 25.2. The Balaban J connectivity index is 1.87. The van der Waals surface area contributed by atoms with Crippen LogP contribution in [-0.4, -0.2) is 26.4 Å². The molecule has 126 valence electrons. The summed E-state index contributed by atoms with van der Waals surface area (Å²) in [6.07, 6.45) is 1.53. The quantitative estimate of drug-likeness (QED) is 0.633. The Morgan fingerprint density at radius 1 is 1.16 bits per heavy atom. The van der Waals surface area contributed by atoms with Gasteiger partial charge in [-0.1, -0.05) is 54.3 Å². The molecule has 0 spiro atoms. The molecule has 5 nitrogen and oxygen atoms in total. The van der Waals surface area contributed by atoms with Crippen LogP contribution in [0.3, 0.4) is 0 Å². The fourth-order valence-corrected chi connectivity index (χ4v) is 3.67. The van der Waals surface area contributed by atoms with Crippen LogP contribution in [0.2, 0.25) is 0 Å². The molecule has 0 aromatic heterocycles. The maximum absolute atomic E-state index is 12.7. The molecule has 7 heteroatoms. The van der Waals surface area contributed by atoms with E-state index in [-0.39, 0.29) is 18.1 Å². The predicted molar refractivity (Wildman–Crippen MR) is 102 cm³/mol. The van der Waals surface area contributed by atoms with Crippen LogP contribution in [0.15, 0.2) is 53.4 Å². The number of thiocarbonyl (C=S) groups is 1. The summed E-state index contributed by atoms with van der Waals surface area (Å²) < 4.78 is 0.387. The second-order valence-corrected chi connectivity index (χ2v) is 6.99. The molecule has 1 saturated heterocycles. The van der Waals surface area contributed by atoms with Gasteiger partial charge < -0.3 is 10.2 Å². The topological polar surface area (TPSA) is 77.8 Å². The number of phenolic OH excluding ortho intramolecular Hbond substituents is 1. The van der Waals surface area contributed by atoms with Gasteiger partial charge >= 0.3 is 5.97 Å². The Kier molecular flexibility index (Phi) is 4.87. The molecule has 2 N–H and O–H groups in total. The molecule has 1 amide bonds. The summed E-state index contributed by atoms with van der Waals surface area (Å²) in [7, 11) is 0. The number of hydrogen-bond donors (Lipinski definition) is 2. The molecule has 25 heavy (non-hydrogen) atoms. The summed E-state index contributed by atoms with van der Waals surface area (Å²) in [6.45, 7) is 0. The number of aromatic hydroxyl groups is 1. The molecule has 2 aromatic rings. The van der Waals surface area contributed by atoms with Crippen LogP contribution in [0.4, 0.5) is 5.69 Å². The summed E-state index contributed by atoms with van der Waals surface area (Å²) in [6, 6.07) is 13.4. The number of thioether (sulfide) groups is 1. The minimum absolute atomic E-state index is 0.0775. The van der Waals surface area contributed by atoms with Crippen molar-refractivity contribution in [2.75, 3.05) is 4.90 Å². The standard InChI is InChI=1S/C18H13NO4S2/c20-14-4-2-1-3-12(14)10-15-17(23)19(18(24)25-15)13-7-5-11(6-8-13)9-16(21)22/h1-8,10,20H,9H2,(H,21,22)/b15-10-.